The van der Waals surface area contributed by atoms with E-state index in [0.717, 1.165) is 25.3 Å². The summed E-state index contributed by atoms with van der Waals surface area (Å²) in [7, 11) is 0. The van der Waals surface area contributed by atoms with E-state index in [9.17, 15) is 0 Å². The number of para-hydroxylation sites is 1. The second-order valence-electron chi connectivity index (χ2n) is 4.90. The predicted molar refractivity (Wildman–Crippen MR) is 78.4 cm³/mol. The summed E-state index contributed by atoms with van der Waals surface area (Å²) in [6.07, 6.45) is 0. The number of hydrazine groups is 1. The molecule has 1 aliphatic heterocycles. The van der Waals surface area contributed by atoms with E-state index >= 15 is 0 Å². The molecule has 1 atom stereocenters. The Hall–Kier alpha value is -2.12. The summed E-state index contributed by atoms with van der Waals surface area (Å²) in [5.41, 5.74) is 10.1. The summed E-state index contributed by atoms with van der Waals surface area (Å²) < 4.78 is 1.63. The van der Waals surface area contributed by atoms with Crippen LogP contribution in [-0.4, -0.2) is 45.4 Å². The van der Waals surface area contributed by atoms with Crippen LogP contribution in [0.5, 0.6) is 0 Å². The smallest absolute Gasteiger partial charge is 0.258 e. The number of nitrogens with one attached hydrogen (secondary N) is 2. The van der Waals surface area contributed by atoms with Crippen LogP contribution in [0.3, 0.4) is 0 Å². The molecule has 1 aromatic carbocycles. The molecule has 1 aromatic heterocycles. The number of anilines is 2. The number of rotatable bonds is 3. The number of hydrogen-bond donors (Lipinski definition) is 3. The third-order valence-corrected chi connectivity index (χ3v) is 3.38. The summed E-state index contributed by atoms with van der Waals surface area (Å²) in [4.78, 5) is 4.27. The largest absolute Gasteiger partial charge is 0.368 e. The second-order valence-corrected chi connectivity index (χ2v) is 4.90. The summed E-state index contributed by atoms with van der Waals surface area (Å²) in [6.45, 7) is 4.95. The van der Waals surface area contributed by atoms with Gasteiger partial charge in [0.1, 0.15) is 0 Å². The van der Waals surface area contributed by atoms with Crippen LogP contribution < -0.4 is 16.5 Å². The van der Waals surface area contributed by atoms with Crippen LogP contribution in [0, 0.1) is 0 Å². The van der Waals surface area contributed by atoms with Gasteiger partial charge in [0.15, 0.2) is 0 Å². The van der Waals surface area contributed by atoms with Crippen molar-refractivity contribution in [3.63, 3.8) is 0 Å². The lowest BCUT2D eigenvalue weighted by atomic mass is 10.2. The molecule has 2 heterocycles. The molecule has 0 amide bonds. The van der Waals surface area contributed by atoms with Crippen molar-refractivity contribution in [1.29, 1.82) is 0 Å². The van der Waals surface area contributed by atoms with Crippen LogP contribution in [0.1, 0.15) is 6.92 Å². The number of benzene rings is 1. The Bertz CT molecular complexity index is 565. The molecule has 1 saturated heterocycles. The lowest BCUT2D eigenvalue weighted by Crippen LogP contribution is -2.52. The van der Waals surface area contributed by atoms with E-state index in [2.05, 4.69) is 32.8 Å². The Morgan fingerprint density at radius 1 is 1.35 bits per heavy atom. The van der Waals surface area contributed by atoms with Gasteiger partial charge in [-0.15, -0.1) is 5.10 Å². The molecule has 1 unspecified atom stereocenters. The fraction of sp³-hybridized carbons (Fsp3) is 0.385. The van der Waals surface area contributed by atoms with Crippen LogP contribution >= 0.6 is 0 Å². The molecule has 7 heteroatoms. The number of piperazine rings is 1. The Kier molecular flexibility index (Phi) is 3.53. The standard InChI is InChI=1S/C13H19N7/c1-10-9-15-7-8-19(10)17-13-16-12(14)20(18-13)11-5-3-2-4-6-11/h2-6,10,15H,7-9H2,1H3,(H3,14,16,17,18). The minimum atomic E-state index is 0.376. The first kappa shape index (κ1) is 12.9. The van der Waals surface area contributed by atoms with Crippen LogP contribution in [-0.2, 0) is 0 Å². The van der Waals surface area contributed by atoms with Gasteiger partial charge < -0.3 is 11.1 Å². The molecule has 106 valence electrons. The number of aromatic nitrogens is 3. The first-order chi connectivity index (χ1) is 9.74. The number of nitrogen functional groups attached to an aromatic ring is 1. The molecule has 7 nitrogen and oxygen atoms in total. The van der Waals surface area contributed by atoms with Gasteiger partial charge in [-0.1, -0.05) is 18.2 Å². The second kappa shape index (κ2) is 5.48. The molecular weight excluding hydrogens is 254 g/mol. The highest BCUT2D eigenvalue weighted by molar-refractivity contribution is 5.41. The van der Waals surface area contributed by atoms with Gasteiger partial charge in [0.25, 0.3) is 5.95 Å². The van der Waals surface area contributed by atoms with Crippen molar-refractivity contribution in [2.24, 2.45) is 0 Å². The molecule has 1 fully saturated rings. The molecule has 0 radical (unpaired) electrons. The third kappa shape index (κ3) is 2.59. The lowest BCUT2D eigenvalue weighted by Gasteiger charge is -2.33. The molecule has 0 spiro atoms. The quantitative estimate of drug-likeness (QED) is 0.754. The van der Waals surface area contributed by atoms with E-state index < -0.39 is 0 Å². The summed E-state index contributed by atoms with van der Waals surface area (Å²) in [5, 5.41) is 9.88. The van der Waals surface area contributed by atoms with Crippen LogP contribution in [0.15, 0.2) is 30.3 Å². The Balaban J connectivity index is 1.79. The van der Waals surface area contributed by atoms with E-state index in [1.54, 1.807) is 4.68 Å². The van der Waals surface area contributed by atoms with Crippen molar-refractivity contribution in [1.82, 2.24) is 25.1 Å². The normalized spacial score (nSPS) is 19.9. The molecule has 0 saturated carbocycles. The van der Waals surface area contributed by atoms with Gasteiger partial charge >= 0.3 is 0 Å². The van der Waals surface area contributed by atoms with Crippen molar-refractivity contribution in [2.45, 2.75) is 13.0 Å². The van der Waals surface area contributed by atoms with Crippen molar-refractivity contribution >= 4 is 11.9 Å². The van der Waals surface area contributed by atoms with Crippen molar-refractivity contribution in [3.05, 3.63) is 30.3 Å². The van der Waals surface area contributed by atoms with Gasteiger partial charge in [-0.2, -0.15) is 9.67 Å². The van der Waals surface area contributed by atoms with Gasteiger partial charge in [-0.25, -0.2) is 5.01 Å². The average Bonchev–Trinajstić information content (AvgIpc) is 2.83. The monoisotopic (exact) mass is 273 g/mol. The number of nitrogens with two attached hydrogens (primary N) is 1. The Morgan fingerprint density at radius 3 is 2.90 bits per heavy atom. The zero-order valence-electron chi connectivity index (χ0n) is 11.5. The summed E-state index contributed by atoms with van der Waals surface area (Å²) >= 11 is 0. The topological polar surface area (TPSA) is 84.0 Å². The maximum Gasteiger partial charge on any atom is 0.258 e. The number of hydrogen-bond acceptors (Lipinski definition) is 6. The zero-order valence-corrected chi connectivity index (χ0v) is 11.5. The Labute approximate surface area is 117 Å². The summed E-state index contributed by atoms with van der Waals surface area (Å²) in [5.74, 6) is 0.904. The maximum atomic E-state index is 5.93. The van der Waals surface area contributed by atoms with Gasteiger partial charge in [-0.3, -0.25) is 5.43 Å². The molecule has 0 bridgehead atoms. The van der Waals surface area contributed by atoms with Gasteiger partial charge in [0.05, 0.1) is 5.69 Å². The SMILES string of the molecule is CC1CNCCN1Nc1nc(N)n(-c2ccccc2)n1. The number of nitrogens with zero attached hydrogens (tertiary/aromatic N) is 4. The van der Waals surface area contributed by atoms with Crippen molar-refractivity contribution < 1.29 is 0 Å². The van der Waals surface area contributed by atoms with Gasteiger partial charge in [0.2, 0.25) is 5.95 Å². The molecule has 0 aliphatic carbocycles. The van der Waals surface area contributed by atoms with Crippen LogP contribution in [0.2, 0.25) is 0 Å². The van der Waals surface area contributed by atoms with Crippen molar-refractivity contribution in [3.8, 4) is 5.69 Å². The van der Waals surface area contributed by atoms with Crippen LogP contribution in [0.25, 0.3) is 5.69 Å². The van der Waals surface area contributed by atoms with Crippen LogP contribution in [0.4, 0.5) is 11.9 Å². The highest BCUT2D eigenvalue weighted by Crippen LogP contribution is 2.14. The van der Waals surface area contributed by atoms with E-state index in [1.165, 1.54) is 0 Å². The first-order valence-corrected chi connectivity index (χ1v) is 6.76. The predicted octanol–water partition coefficient (Wildman–Crippen LogP) is 0.470. The van der Waals surface area contributed by atoms with Gasteiger partial charge in [-0.05, 0) is 19.1 Å². The molecule has 20 heavy (non-hydrogen) atoms. The van der Waals surface area contributed by atoms with E-state index in [0.29, 0.717) is 17.9 Å². The third-order valence-electron chi connectivity index (χ3n) is 3.38. The van der Waals surface area contributed by atoms with Gasteiger partial charge in [0, 0.05) is 25.7 Å². The van der Waals surface area contributed by atoms with E-state index in [4.69, 9.17) is 5.73 Å². The molecule has 1 aliphatic rings. The Morgan fingerprint density at radius 2 is 2.15 bits per heavy atom. The minimum Gasteiger partial charge on any atom is -0.368 e. The first-order valence-electron chi connectivity index (χ1n) is 6.76. The molecule has 3 rings (SSSR count). The molecular formula is C13H19N7. The fourth-order valence-corrected chi connectivity index (χ4v) is 2.27. The fourth-order valence-electron chi connectivity index (χ4n) is 2.27. The minimum absolute atomic E-state index is 0.376. The highest BCUT2D eigenvalue weighted by atomic mass is 15.6. The zero-order chi connectivity index (χ0) is 13.9. The maximum absolute atomic E-state index is 5.93. The molecule has 2 aromatic rings. The van der Waals surface area contributed by atoms with Crippen molar-refractivity contribution in [2.75, 3.05) is 30.8 Å². The van der Waals surface area contributed by atoms with E-state index in [-0.39, 0.29) is 0 Å². The lowest BCUT2D eigenvalue weighted by molar-refractivity contribution is 0.210. The molecule has 4 N–H and O–H groups in total. The van der Waals surface area contributed by atoms with E-state index in [1.807, 2.05) is 30.3 Å². The average molecular weight is 273 g/mol. The summed E-state index contributed by atoms with van der Waals surface area (Å²) in [6, 6.07) is 10.1. The highest BCUT2D eigenvalue weighted by Gasteiger charge is 2.19.